The Morgan fingerprint density at radius 2 is 1.87 bits per heavy atom. The highest BCUT2D eigenvalue weighted by Crippen LogP contribution is 2.61. The molecule has 30 heavy (non-hydrogen) atoms. The summed E-state index contributed by atoms with van der Waals surface area (Å²) in [6.07, 6.45) is 9.83. The highest BCUT2D eigenvalue weighted by Gasteiger charge is 2.53. The molecule has 2 aromatic carbocycles. The fourth-order valence-electron chi connectivity index (χ4n) is 6.56. The van der Waals surface area contributed by atoms with Crippen LogP contribution in [0.15, 0.2) is 65.9 Å². The lowest BCUT2D eigenvalue weighted by Gasteiger charge is -2.40. The molecule has 2 atom stereocenters. The van der Waals surface area contributed by atoms with Crippen molar-refractivity contribution in [2.75, 3.05) is 11.6 Å². The van der Waals surface area contributed by atoms with Crippen molar-refractivity contribution in [3.05, 3.63) is 82.6 Å². The fraction of sp³-hybridized carbons (Fsp3) is 0.429. The molecule has 2 bridgehead atoms. The highest BCUT2D eigenvalue weighted by molar-refractivity contribution is 5.65. The number of benzene rings is 2. The average molecular weight is 397 g/mol. The number of nitrogens with zero attached hydrogens (tertiary/aromatic N) is 2. The van der Waals surface area contributed by atoms with Gasteiger partial charge in [0.2, 0.25) is 0 Å². The summed E-state index contributed by atoms with van der Waals surface area (Å²) >= 11 is 0. The van der Waals surface area contributed by atoms with E-state index in [4.69, 9.17) is 0 Å². The predicted molar refractivity (Wildman–Crippen MR) is 125 cm³/mol. The summed E-state index contributed by atoms with van der Waals surface area (Å²) in [5, 5.41) is 5.22. The Kier molecular flexibility index (Phi) is 3.82. The maximum atomic E-state index is 2.64. The number of allylic oxidation sites excluding steroid dienone is 2. The molecular weight excluding hydrogens is 364 g/mol. The number of hydrogen-bond acceptors (Lipinski definition) is 2. The Morgan fingerprint density at radius 1 is 1.03 bits per heavy atom. The molecule has 2 aromatic rings. The van der Waals surface area contributed by atoms with Gasteiger partial charge in [-0.25, -0.2) is 0 Å². The van der Waals surface area contributed by atoms with E-state index in [0.717, 1.165) is 25.4 Å². The molecule has 0 N–H and O–H groups in total. The van der Waals surface area contributed by atoms with Crippen molar-refractivity contribution in [3.63, 3.8) is 0 Å². The molecule has 0 radical (unpaired) electrons. The number of hydrazine groups is 1. The third-order valence-electron chi connectivity index (χ3n) is 8.14. The summed E-state index contributed by atoms with van der Waals surface area (Å²) in [7, 11) is 0. The van der Waals surface area contributed by atoms with Gasteiger partial charge in [0.15, 0.2) is 0 Å². The Bertz CT molecular complexity index is 1060. The average Bonchev–Trinajstić information content (AvgIpc) is 3.38. The van der Waals surface area contributed by atoms with E-state index >= 15 is 0 Å². The van der Waals surface area contributed by atoms with E-state index in [2.05, 4.69) is 91.5 Å². The molecule has 0 saturated heterocycles. The Morgan fingerprint density at radius 3 is 2.70 bits per heavy atom. The SMILES string of the molecule is CC1(C)CC=Cc2ccc(N3CC4=C(N3Cc3ccccc3)[C@@]3(C)CC[C@@H]4C3)cc21. The van der Waals surface area contributed by atoms with Crippen molar-refractivity contribution in [1.82, 2.24) is 5.01 Å². The molecule has 154 valence electrons. The minimum Gasteiger partial charge on any atom is -0.284 e. The summed E-state index contributed by atoms with van der Waals surface area (Å²) in [6, 6.07) is 18.2. The minimum absolute atomic E-state index is 0.200. The lowest BCUT2D eigenvalue weighted by molar-refractivity contribution is 0.245. The zero-order valence-corrected chi connectivity index (χ0v) is 18.5. The molecular formula is C28H32N2. The van der Waals surface area contributed by atoms with Crippen molar-refractivity contribution in [3.8, 4) is 0 Å². The van der Waals surface area contributed by atoms with E-state index in [1.54, 1.807) is 11.3 Å². The van der Waals surface area contributed by atoms with Crippen LogP contribution in [0.4, 0.5) is 5.69 Å². The Labute approximate surface area is 180 Å². The molecule has 0 unspecified atom stereocenters. The molecule has 2 nitrogen and oxygen atoms in total. The molecule has 1 saturated carbocycles. The van der Waals surface area contributed by atoms with Crippen LogP contribution in [0.3, 0.4) is 0 Å². The van der Waals surface area contributed by atoms with Crippen molar-refractivity contribution >= 4 is 11.8 Å². The van der Waals surface area contributed by atoms with Gasteiger partial charge in [-0.1, -0.05) is 69.3 Å². The second-order valence-electron chi connectivity index (χ2n) is 10.7. The van der Waals surface area contributed by atoms with Crippen LogP contribution < -0.4 is 5.01 Å². The van der Waals surface area contributed by atoms with Crippen LogP contribution in [0, 0.1) is 11.3 Å². The van der Waals surface area contributed by atoms with Gasteiger partial charge in [0.1, 0.15) is 0 Å². The van der Waals surface area contributed by atoms with Gasteiger partial charge < -0.3 is 0 Å². The van der Waals surface area contributed by atoms with Crippen molar-refractivity contribution < 1.29 is 0 Å². The van der Waals surface area contributed by atoms with E-state index in [0.29, 0.717) is 5.41 Å². The third kappa shape index (κ3) is 2.62. The third-order valence-corrected chi connectivity index (χ3v) is 8.14. The predicted octanol–water partition coefficient (Wildman–Crippen LogP) is 6.69. The first kappa shape index (κ1) is 18.3. The van der Waals surface area contributed by atoms with Crippen molar-refractivity contribution in [1.29, 1.82) is 0 Å². The van der Waals surface area contributed by atoms with E-state index in [1.807, 2.05) is 0 Å². The van der Waals surface area contributed by atoms with Gasteiger partial charge in [-0.3, -0.25) is 10.0 Å². The molecule has 6 rings (SSSR count). The summed E-state index contributed by atoms with van der Waals surface area (Å²) in [6.45, 7) is 9.30. The van der Waals surface area contributed by atoms with Crippen LogP contribution >= 0.6 is 0 Å². The van der Waals surface area contributed by atoms with E-state index < -0.39 is 0 Å². The summed E-state index contributed by atoms with van der Waals surface area (Å²) in [5.41, 5.74) is 9.54. The number of hydrogen-bond donors (Lipinski definition) is 0. The number of rotatable bonds is 3. The standard InChI is InChI=1S/C28H32N2/c1-27(2)14-7-10-21-11-12-23(16-25(21)27)29-19-24-22-13-15-28(3,17-22)26(24)30(29)18-20-8-5-4-6-9-20/h4-12,16,22H,13-15,17-19H2,1-3H3/t22-,28+/m1/s1. The van der Waals surface area contributed by atoms with Gasteiger partial charge >= 0.3 is 0 Å². The lowest BCUT2D eigenvalue weighted by Crippen LogP contribution is -2.41. The molecule has 4 aliphatic rings. The molecule has 1 fully saturated rings. The van der Waals surface area contributed by atoms with Gasteiger partial charge in [-0.05, 0) is 71.4 Å². The molecule has 3 aliphatic carbocycles. The zero-order valence-electron chi connectivity index (χ0n) is 18.5. The maximum absolute atomic E-state index is 2.64. The van der Waals surface area contributed by atoms with Gasteiger partial charge in [0.05, 0.1) is 18.8 Å². The minimum atomic E-state index is 0.200. The summed E-state index contributed by atoms with van der Waals surface area (Å²) in [5.74, 6) is 0.797. The Hall–Kier alpha value is -2.48. The van der Waals surface area contributed by atoms with Crippen LogP contribution in [0.5, 0.6) is 0 Å². The highest BCUT2D eigenvalue weighted by atomic mass is 15.7. The molecule has 0 aromatic heterocycles. The molecule has 0 amide bonds. The molecule has 1 aliphatic heterocycles. The van der Waals surface area contributed by atoms with Crippen LogP contribution in [0.2, 0.25) is 0 Å². The monoisotopic (exact) mass is 396 g/mol. The van der Waals surface area contributed by atoms with Crippen molar-refractivity contribution in [2.24, 2.45) is 11.3 Å². The van der Waals surface area contributed by atoms with Gasteiger partial charge in [-0.15, -0.1) is 0 Å². The summed E-state index contributed by atoms with van der Waals surface area (Å²) in [4.78, 5) is 0. The van der Waals surface area contributed by atoms with Gasteiger partial charge in [0, 0.05) is 11.1 Å². The van der Waals surface area contributed by atoms with Gasteiger partial charge in [0.25, 0.3) is 0 Å². The normalized spacial score (nSPS) is 28.3. The van der Waals surface area contributed by atoms with Crippen LogP contribution in [0.1, 0.15) is 63.1 Å². The van der Waals surface area contributed by atoms with E-state index in [9.17, 15) is 0 Å². The first-order valence-corrected chi connectivity index (χ1v) is 11.6. The van der Waals surface area contributed by atoms with Crippen LogP contribution in [-0.2, 0) is 12.0 Å². The molecule has 1 heterocycles. The smallest absolute Gasteiger partial charge is 0.0643 e. The topological polar surface area (TPSA) is 6.48 Å². The van der Waals surface area contributed by atoms with E-state index in [1.165, 1.54) is 41.6 Å². The van der Waals surface area contributed by atoms with Crippen LogP contribution in [0.25, 0.3) is 6.08 Å². The van der Waals surface area contributed by atoms with Crippen molar-refractivity contribution in [2.45, 2.75) is 58.4 Å². The van der Waals surface area contributed by atoms with Crippen LogP contribution in [-0.4, -0.2) is 11.6 Å². The fourth-order valence-corrected chi connectivity index (χ4v) is 6.56. The maximum Gasteiger partial charge on any atom is 0.0643 e. The zero-order chi connectivity index (χ0) is 20.5. The van der Waals surface area contributed by atoms with E-state index in [-0.39, 0.29) is 5.41 Å². The Balaban J connectivity index is 1.42. The molecule has 2 heteroatoms. The number of fused-ring (bicyclic) bond motifs is 5. The molecule has 0 spiro atoms. The number of anilines is 1. The second kappa shape index (κ2) is 6.26. The second-order valence-corrected chi connectivity index (χ2v) is 10.7. The lowest BCUT2D eigenvalue weighted by atomic mass is 9.76. The van der Waals surface area contributed by atoms with Gasteiger partial charge in [-0.2, -0.15) is 0 Å². The quantitative estimate of drug-likeness (QED) is 0.570. The first-order chi connectivity index (χ1) is 14.4. The first-order valence-electron chi connectivity index (χ1n) is 11.6. The largest absolute Gasteiger partial charge is 0.284 e. The summed E-state index contributed by atoms with van der Waals surface area (Å²) < 4.78 is 0.